The average molecular weight is 416 g/mol. The maximum Gasteiger partial charge on any atom is 0.416 e. The van der Waals surface area contributed by atoms with Gasteiger partial charge in [-0.1, -0.05) is 0 Å². The molecule has 2 heterocycles. The number of anilines is 1. The Kier molecular flexibility index (Phi) is 6.61. The van der Waals surface area contributed by atoms with Gasteiger partial charge in [0.15, 0.2) is 0 Å². The third-order valence-electron chi connectivity index (χ3n) is 5.26. The second-order valence-corrected chi connectivity index (χ2v) is 7.33. The van der Waals surface area contributed by atoms with Crippen LogP contribution < -0.4 is 5.32 Å². The lowest BCUT2D eigenvalue weighted by molar-refractivity contribution is -0.137. The molecule has 6 nitrogen and oxygen atoms in total. The van der Waals surface area contributed by atoms with E-state index in [-0.39, 0.29) is 12.5 Å². The molecule has 2 aliphatic heterocycles. The van der Waals surface area contributed by atoms with Gasteiger partial charge in [-0.2, -0.15) is 13.2 Å². The number of nitrogens with one attached hydrogen (secondary N) is 1. The van der Waals surface area contributed by atoms with Crippen molar-refractivity contribution in [2.24, 2.45) is 0 Å². The summed E-state index contributed by atoms with van der Waals surface area (Å²) < 4.78 is 52.2. The molecule has 0 atom stereocenters. The molecule has 3 amide bonds. The summed E-state index contributed by atoms with van der Waals surface area (Å²) in [6.07, 6.45) is -1.44. The molecular formula is C19H24F4N4O2. The van der Waals surface area contributed by atoms with E-state index >= 15 is 0 Å². The predicted molar refractivity (Wildman–Crippen MR) is 98.9 cm³/mol. The van der Waals surface area contributed by atoms with E-state index in [9.17, 15) is 27.2 Å². The molecular weight excluding hydrogens is 392 g/mol. The highest BCUT2D eigenvalue weighted by Crippen LogP contribution is 2.31. The van der Waals surface area contributed by atoms with E-state index in [0.717, 1.165) is 32.4 Å². The summed E-state index contributed by atoms with van der Waals surface area (Å²) in [7, 11) is 0. The minimum absolute atomic E-state index is 0.0774. The second kappa shape index (κ2) is 8.98. The Bertz CT molecular complexity index is 742. The van der Waals surface area contributed by atoms with Gasteiger partial charge in [-0.05, 0) is 37.5 Å². The summed E-state index contributed by atoms with van der Waals surface area (Å²) in [6.45, 7) is 3.40. The zero-order valence-electron chi connectivity index (χ0n) is 16.0. The van der Waals surface area contributed by atoms with Crippen LogP contribution in [-0.2, 0) is 11.0 Å². The van der Waals surface area contributed by atoms with E-state index in [1.807, 2.05) is 9.80 Å². The second-order valence-electron chi connectivity index (χ2n) is 7.33. The first-order valence-electron chi connectivity index (χ1n) is 9.67. The number of halogens is 4. The van der Waals surface area contributed by atoms with Crippen molar-refractivity contribution in [2.45, 2.75) is 25.4 Å². The van der Waals surface area contributed by atoms with Gasteiger partial charge in [0.25, 0.3) is 0 Å². The minimum atomic E-state index is -4.63. The van der Waals surface area contributed by atoms with Gasteiger partial charge in [-0.3, -0.25) is 9.69 Å². The summed E-state index contributed by atoms with van der Waals surface area (Å²) in [4.78, 5) is 29.9. The van der Waals surface area contributed by atoms with E-state index in [1.54, 1.807) is 0 Å². The third-order valence-corrected chi connectivity index (χ3v) is 5.26. The van der Waals surface area contributed by atoms with Crippen LogP contribution in [-0.4, -0.2) is 72.5 Å². The highest BCUT2D eigenvalue weighted by molar-refractivity contribution is 5.89. The smallest absolute Gasteiger partial charge is 0.342 e. The fourth-order valence-electron chi connectivity index (χ4n) is 3.54. The van der Waals surface area contributed by atoms with Crippen LogP contribution >= 0.6 is 0 Å². The standard InChI is InChI=1S/C19H24F4N4O2/c20-15-5-4-14(19(21,22)23)12-16(15)24-18(29)27-10-8-25(9-11-27)13-17(28)26-6-2-1-3-7-26/h4-5,12H,1-3,6-11,13H2,(H,24,29). The lowest BCUT2D eigenvalue weighted by Crippen LogP contribution is -2.52. The normalized spacial score (nSPS) is 18.6. The number of hydrogen-bond acceptors (Lipinski definition) is 3. The number of benzene rings is 1. The average Bonchev–Trinajstić information content (AvgIpc) is 2.70. The molecule has 160 valence electrons. The molecule has 1 aromatic carbocycles. The molecule has 1 N–H and O–H groups in total. The minimum Gasteiger partial charge on any atom is -0.342 e. The molecule has 0 radical (unpaired) electrons. The monoisotopic (exact) mass is 416 g/mol. The number of rotatable bonds is 3. The molecule has 0 spiro atoms. The SMILES string of the molecule is O=C(CN1CCN(C(=O)Nc2cc(C(F)(F)F)ccc2F)CC1)N1CCCCC1. The zero-order chi connectivity index (χ0) is 21.0. The summed E-state index contributed by atoms with van der Waals surface area (Å²) in [5, 5.41) is 2.22. The zero-order valence-corrected chi connectivity index (χ0v) is 16.0. The van der Waals surface area contributed by atoms with Gasteiger partial charge in [-0.25, -0.2) is 9.18 Å². The molecule has 3 rings (SSSR count). The molecule has 2 saturated heterocycles. The molecule has 0 unspecified atom stereocenters. The van der Waals surface area contributed by atoms with E-state index < -0.39 is 29.3 Å². The van der Waals surface area contributed by atoms with Gasteiger partial charge in [-0.15, -0.1) is 0 Å². The van der Waals surface area contributed by atoms with Crippen molar-refractivity contribution in [2.75, 3.05) is 51.1 Å². The number of carbonyl (C=O) groups is 2. The van der Waals surface area contributed by atoms with Gasteiger partial charge in [0.1, 0.15) is 5.82 Å². The van der Waals surface area contributed by atoms with Crippen LogP contribution in [0.5, 0.6) is 0 Å². The van der Waals surface area contributed by atoms with Gasteiger partial charge >= 0.3 is 12.2 Å². The lowest BCUT2D eigenvalue weighted by atomic mass is 10.1. The Labute approximate surface area is 166 Å². The number of hydrogen-bond donors (Lipinski definition) is 1. The van der Waals surface area contributed by atoms with Crippen molar-refractivity contribution in [3.63, 3.8) is 0 Å². The number of alkyl halides is 3. The molecule has 0 aliphatic carbocycles. The topological polar surface area (TPSA) is 55.9 Å². The van der Waals surface area contributed by atoms with Crippen LogP contribution in [0.2, 0.25) is 0 Å². The fourth-order valence-corrected chi connectivity index (χ4v) is 3.54. The van der Waals surface area contributed by atoms with Crippen LogP contribution in [0.4, 0.5) is 28.0 Å². The van der Waals surface area contributed by atoms with E-state index in [0.29, 0.717) is 44.4 Å². The highest BCUT2D eigenvalue weighted by atomic mass is 19.4. The van der Waals surface area contributed by atoms with Crippen molar-refractivity contribution >= 4 is 17.6 Å². The molecule has 0 saturated carbocycles. The Balaban J connectivity index is 1.51. The van der Waals surface area contributed by atoms with Crippen molar-refractivity contribution in [1.82, 2.24) is 14.7 Å². The Morgan fingerprint density at radius 3 is 2.21 bits per heavy atom. The van der Waals surface area contributed by atoms with Crippen molar-refractivity contribution in [1.29, 1.82) is 0 Å². The van der Waals surface area contributed by atoms with Crippen LogP contribution in [0, 0.1) is 5.82 Å². The van der Waals surface area contributed by atoms with Crippen LogP contribution in [0.15, 0.2) is 18.2 Å². The largest absolute Gasteiger partial charge is 0.416 e. The molecule has 0 bridgehead atoms. The molecule has 29 heavy (non-hydrogen) atoms. The fraction of sp³-hybridized carbons (Fsp3) is 0.579. The maximum atomic E-state index is 13.8. The van der Waals surface area contributed by atoms with Crippen LogP contribution in [0.1, 0.15) is 24.8 Å². The lowest BCUT2D eigenvalue weighted by Gasteiger charge is -2.36. The summed E-state index contributed by atoms with van der Waals surface area (Å²) in [5.74, 6) is -0.856. The van der Waals surface area contributed by atoms with Crippen molar-refractivity contribution in [3.8, 4) is 0 Å². The van der Waals surface area contributed by atoms with Crippen LogP contribution in [0.3, 0.4) is 0 Å². The molecule has 10 heteroatoms. The number of urea groups is 1. The number of piperazine rings is 1. The summed E-state index contributed by atoms with van der Waals surface area (Å²) in [5.41, 5.74) is -1.54. The number of amides is 3. The number of carbonyl (C=O) groups excluding carboxylic acids is 2. The highest BCUT2D eigenvalue weighted by Gasteiger charge is 2.32. The maximum absolute atomic E-state index is 13.8. The predicted octanol–water partition coefficient (Wildman–Crippen LogP) is 3.01. The van der Waals surface area contributed by atoms with Gasteiger partial charge < -0.3 is 15.1 Å². The Morgan fingerprint density at radius 1 is 0.931 bits per heavy atom. The van der Waals surface area contributed by atoms with Gasteiger partial charge in [0, 0.05) is 39.3 Å². The Hall–Kier alpha value is -2.36. The Morgan fingerprint density at radius 2 is 1.59 bits per heavy atom. The van der Waals surface area contributed by atoms with Crippen LogP contribution in [0.25, 0.3) is 0 Å². The quantitative estimate of drug-likeness (QED) is 0.771. The third kappa shape index (κ3) is 5.59. The molecule has 1 aromatic rings. The van der Waals surface area contributed by atoms with E-state index in [4.69, 9.17) is 0 Å². The number of piperidine rings is 1. The van der Waals surface area contributed by atoms with Crippen molar-refractivity contribution < 1.29 is 27.2 Å². The summed E-state index contributed by atoms with van der Waals surface area (Å²) in [6, 6.07) is 1.23. The first-order chi connectivity index (χ1) is 13.7. The number of nitrogens with zero attached hydrogens (tertiary/aromatic N) is 3. The molecule has 0 aromatic heterocycles. The molecule has 2 aliphatic rings. The summed E-state index contributed by atoms with van der Waals surface area (Å²) >= 11 is 0. The van der Waals surface area contributed by atoms with Crippen molar-refractivity contribution in [3.05, 3.63) is 29.6 Å². The number of likely N-dealkylation sites (tertiary alicyclic amines) is 1. The van der Waals surface area contributed by atoms with Gasteiger partial charge in [0.2, 0.25) is 5.91 Å². The van der Waals surface area contributed by atoms with E-state index in [1.165, 1.54) is 4.90 Å². The molecule has 2 fully saturated rings. The van der Waals surface area contributed by atoms with E-state index in [2.05, 4.69) is 5.32 Å². The first-order valence-corrected chi connectivity index (χ1v) is 9.67. The van der Waals surface area contributed by atoms with Gasteiger partial charge in [0.05, 0.1) is 17.8 Å². The first kappa shape index (κ1) is 21.4.